The molecule has 0 fully saturated rings. The molecule has 1 heterocycles. The van der Waals surface area contributed by atoms with Crippen LogP contribution in [-0.2, 0) is 0 Å². The van der Waals surface area contributed by atoms with E-state index >= 15 is 0 Å². The van der Waals surface area contributed by atoms with Crippen molar-refractivity contribution < 1.29 is 14.3 Å². The fraction of sp³-hybridized carbons (Fsp3) is 0.0870. The monoisotopic (exact) mass is 434 g/mol. The summed E-state index contributed by atoms with van der Waals surface area (Å²) in [4.78, 5) is 17.4. The molecule has 0 aliphatic rings. The molecule has 0 bridgehead atoms. The maximum Gasteiger partial charge on any atom is 0.295 e. The highest BCUT2D eigenvalue weighted by molar-refractivity contribution is 6.30. The van der Waals surface area contributed by atoms with E-state index in [4.69, 9.17) is 21.1 Å². The molecule has 0 saturated carbocycles. The molecular weight excluding hydrogens is 416 g/mol. The third-order valence-corrected chi connectivity index (χ3v) is 4.84. The number of benzene rings is 3. The van der Waals surface area contributed by atoms with Gasteiger partial charge in [-0.2, -0.15) is 0 Å². The van der Waals surface area contributed by atoms with E-state index in [1.54, 1.807) is 49.2 Å². The Bertz CT molecular complexity index is 1200. The zero-order valence-electron chi connectivity index (χ0n) is 16.9. The Balaban J connectivity index is 1.75. The van der Waals surface area contributed by atoms with Gasteiger partial charge in [0.1, 0.15) is 11.5 Å². The molecule has 0 spiro atoms. The normalized spacial score (nSPS) is 10.5. The topological polar surface area (TPSA) is 78.3 Å². The second-order valence-electron chi connectivity index (χ2n) is 6.53. The van der Waals surface area contributed by atoms with Gasteiger partial charge in [0.25, 0.3) is 5.91 Å². The van der Waals surface area contributed by atoms with E-state index in [1.165, 1.54) is 0 Å². The largest absolute Gasteiger partial charge is 0.497 e. The number of carbonyl (C=O) groups is 1. The maximum absolute atomic E-state index is 12.9. The number of carbonyl (C=O) groups excluding carboxylic acids is 1. The summed E-state index contributed by atoms with van der Waals surface area (Å²) in [5.41, 5.74) is 2.03. The van der Waals surface area contributed by atoms with Gasteiger partial charge >= 0.3 is 0 Å². The fourth-order valence-corrected chi connectivity index (χ4v) is 3.15. The first-order valence-electron chi connectivity index (χ1n) is 9.41. The van der Waals surface area contributed by atoms with E-state index in [1.807, 2.05) is 42.5 Å². The zero-order chi connectivity index (χ0) is 21.8. The van der Waals surface area contributed by atoms with E-state index in [9.17, 15) is 4.79 Å². The summed E-state index contributed by atoms with van der Waals surface area (Å²) < 4.78 is 12.1. The van der Waals surface area contributed by atoms with Crippen molar-refractivity contribution in [2.75, 3.05) is 19.5 Å². The zero-order valence-corrected chi connectivity index (χ0v) is 17.6. The van der Waals surface area contributed by atoms with Gasteiger partial charge in [-0.15, -0.1) is 5.10 Å². The number of hydrogen-bond donors (Lipinski definition) is 1. The molecule has 7 nitrogen and oxygen atoms in total. The number of anilines is 1. The minimum absolute atomic E-state index is 0.0201. The molecule has 1 aromatic heterocycles. The van der Waals surface area contributed by atoms with Crippen molar-refractivity contribution in [2.45, 2.75) is 0 Å². The lowest BCUT2D eigenvalue weighted by Gasteiger charge is -2.08. The highest BCUT2D eigenvalue weighted by Gasteiger charge is 2.20. The quantitative estimate of drug-likeness (QED) is 0.469. The van der Waals surface area contributed by atoms with Gasteiger partial charge in [0.15, 0.2) is 5.82 Å². The van der Waals surface area contributed by atoms with Gasteiger partial charge in [-0.3, -0.25) is 4.79 Å². The molecule has 3 aromatic carbocycles. The standard InChI is InChI=1S/C23H19ClN4O3/c1-30-18-13-7-15(8-14-18)22-26-21(27-28(22)17-11-9-16(24)10-12-17)23(29)25-19-5-3-4-6-20(19)31-2/h3-14H,1-2H3,(H,25,29). The van der Waals surface area contributed by atoms with E-state index in [2.05, 4.69) is 15.4 Å². The molecule has 0 aliphatic carbocycles. The van der Waals surface area contributed by atoms with E-state index in [0.29, 0.717) is 22.3 Å². The van der Waals surface area contributed by atoms with Crippen LogP contribution in [0.3, 0.4) is 0 Å². The summed E-state index contributed by atoms with van der Waals surface area (Å²) in [5, 5.41) is 7.87. The molecule has 8 heteroatoms. The third kappa shape index (κ3) is 4.36. The minimum atomic E-state index is -0.452. The van der Waals surface area contributed by atoms with Crippen LogP contribution in [0.1, 0.15) is 10.6 Å². The number of rotatable bonds is 6. The van der Waals surface area contributed by atoms with Crippen molar-refractivity contribution >= 4 is 23.2 Å². The Hall–Kier alpha value is -3.84. The number of nitrogens with zero attached hydrogens (tertiary/aromatic N) is 3. The van der Waals surface area contributed by atoms with Gasteiger partial charge in [-0.1, -0.05) is 23.7 Å². The predicted octanol–water partition coefficient (Wildman–Crippen LogP) is 4.86. The summed E-state index contributed by atoms with van der Waals surface area (Å²) in [6.07, 6.45) is 0. The van der Waals surface area contributed by atoms with Crippen LogP contribution in [-0.4, -0.2) is 34.9 Å². The fourth-order valence-electron chi connectivity index (χ4n) is 3.02. The molecule has 0 aliphatic heterocycles. The van der Waals surface area contributed by atoms with E-state index in [-0.39, 0.29) is 5.82 Å². The summed E-state index contributed by atoms with van der Waals surface area (Å²) in [6, 6.07) is 21.6. The Labute approximate surface area is 184 Å². The molecule has 1 N–H and O–H groups in total. The summed E-state index contributed by atoms with van der Waals surface area (Å²) >= 11 is 6.03. The lowest BCUT2D eigenvalue weighted by atomic mass is 10.2. The number of para-hydroxylation sites is 2. The molecule has 0 radical (unpaired) electrons. The maximum atomic E-state index is 12.9. The number of nitrogens with one attached hydrogen (secondary N) is 1. The van der Waals surface area contributed by atoms with Gasteiger partial charge in [0.2, 0.25) is 5.82 Å². The predicted molar refractivity (Wildman–Crippen MR) is 119 cm³/mol. The van der Waals surface area contributed by atoms with Crippen molar-refractivity contribution in [3.8, 4) is 28.6 Å². The Morgan fingerprint density at radius 3 is 2.32 bits per heavy atom. The number of hydrogen-bond acceptors (Lipinski definition) is 5. The van der Waals surface area contributed by atoms with Gasteiger partial charge in [-0.25, -0.2) is 9.67 Å². The van der Waals surface area contributed by atoms with Crippen LogP contribution in [0.25, 0.3) is 17.1 Å². The van der Waals surface area contributed by atoms with Crippen LogP contribution in [0.5, 0.6) is 11.5 Å². The number of ether oxygens (including phenoxy) is 2. The summed E-state index contributed by atoms with van der Waals surface area (Å²) in [7, 11) is 3.14. The highest BCUT2D eigenvalue weighted by atomic mass is 35.5. The smallest absolute Gasteiger partial charge is 0.295 e. The molecule has 0 saturated heterocycles. The lowest BCUT2D eigenvalue weighted by molar-refractivity contribution is 0.101. The third-order valence-electron chi connectivity index (χ3n) is 4.58. The molecule has 156 valence electrons. The minimum Gasteiger partial charge on any atom is -0.497 e. The van der Waals surface area contributed by atoms with Gasteiger partial charge in [0, 0.05) is 10.6 Å². The first-order valence-corrected chi connectivity index (χ1v) is 9.78. The van der Waals surface area contributed by atoms with Crippen LogP contribution in [0, 0.1) is 0 Å². The van der Waals surface area contributed by atoms with Crippen LogP contribution in [0.4, 0.5) is 5.69 Å². The molecular formula is C23H19ClN4O3. The Kier molecular flexibility index (Phi) is 5.86. The van der Waals surface area contributed by atoms with Crippen molar-refractivity contribution in [1.29, 1.82) is 0 Å². The van der Waals surface area contributed by atoms with E-state index < -0.39 is 5.91 Å². The van der Waals surface area contributed by atoms with Crippen LogP contribution in [0.15, 0.2) is 72.8 Å². The Morgan fingerprint density at radius 1 is 0.935 bits per heavy atom. The molecule has 4 aromatic rings. The van der Waals surface area contributed by atoms with Crippen molar-refractivity contribution in [3.05, 3.63) is 83.6 Å². The summed E-state index contributed by atoms with van der Waals surface area (Å²) in [6.45, 7) is 0. The van der Waals surface area contributed by atoms with E-state index in [0.717, 1.165) is 17.0 Å². The van der Waals surface area contributed by atoms with Crippen molar-refractivity contribution in [2.24, 2.45) is 0 Å². The molecule has 0 atom stereocenters. The number of halogens is 1. The van der Waals surface area contributed by atoms with Crippen LogP contribution in [0.2, 0.25) is 5.02 Å². The average Bonchev–Trinajstić information content (AvgIpc) is 3.25. The number of amides is 1. The van der Waals surface area contributed by atoms with Crippen molar-refractivity contribution in [1.82, 2.24) is 14.8 Å². The molecule has 4 rings (SSSR count). The van der Waals surface area contributed by atoms with Crippen molar-refractivity contribution in [3.63, 3.8) is 0 Å². The average molecular weight is 435 g/mol. The molecule has 1 amide bonds. The number of aromatic nitrogens is 3. The summed E-state index contributed by atoms with van der Waals surface area (Å²) in [5.74, 6) is 1.34. The van der Waals surface area contributed by atoms with Gasteiger partial charge < -0.3 is 14.8 Å². The SMILES string of the molecule is COc1ccc(-c2nc(C(=O)Nc3ccccc3OC)nn2-c2ccc(Cl)cc2)cc1. The van der Waals surface area contributed by atoms with Gasteiger partial charge in [0.05, 0.1) is 25.6 Å². The van der Waals surface area contributed by atoms with Crippen LogP contribution < -0.4 is 14.8 Å². The number of methoxy groups -OCH3 is 2. The molecule has 31 heavy (non-hydrogen) atoms. The second-order valence-corrected chi connectivity index (χ2v) is 6.97. The highest BCUT2D eigenvalue weighted by Crippen LogP contribution is 2.26. The van der Waals surface area contributed by atoms with Gasteiger partial charge in [-0.05, 0) is 60.7 Å². The second kappa shape index (κ2) is 8.89. The Morgan fingerprint density at radius 2 is 1.65 bits per heavy atom. The lowest BCUT2D eigenvalue weighted by Crippen LogP contribution is -2.14. The first kappa shape index (κ1) is 20.4. The first-order chi connectivity index (χ1) is 15.1. The molecule has 0 unspecified atom stereocenters. The van der Waals surface area contributed by atoms with Crippen LogP contribution >= 0.6 is 11.6 Å².